The summed E-state index contributed by atoms with van der Waals surface area (Å²) in [4.78, 5) is 12.7. The summed E-state index contributed by atoms with van der Waals surface area (Å²) in [6.07, 6.45) is 0. The minimum Gasteiger partial charge on any atom is -0.457 e. The van der Waals surface area contributed by atoms with Gasteiger partial charge in [0.05, 0.1) is 27.2 Å². The van der Waals surface area contributed by atoms with Crippen LogP contribution >= 0.6 is 11.6 Å². The van der Waals surface area contributed by atoms with Gasteiger partial charge in [0.1, 0.15) is 11.5 Å². The molecule has 0 saturated heterocycles. The number of rotatable bonds is 5. The molecule has 0 aliphatic rings. The summed E-state index contributed by atoms with van der Waals surface area (Å²) in [6, 6.07) is 14.4. The zero-order valence-corrected chi connectivity index (χ0v) is 19.1. The summed E-state index contributed by atoms with van der Waals surface area (Å²) in [5.74, 6) is 0.796. The van der Waals surface area contributed by atoms with E-state index >= 15 is 0 Å². The van der Waals surface area contributed by atoms with Crippen molar-refractivity contribution in [3.63, 3.8) is 0 Å². The molecule has 7 nitrogen and oxygen atoms in total. The Morgan fingerprint density at radius 1 is 1.03 bits per heavy atom. The van der Waals surface area contributed by atoms with Crippen LogP contribution in [0.15, 0.2) is 53.4 Å². The fourth-order valence-electron chi connectivity index (χ4n) is 3.07. The maximum absolute atomic E-state index is 12.8. The Hall–Kier alpha value is -3.38. The van der Waals surface area contributed by atoms with Gasteiger partial charge in [-0.25, -0.2) is 13.6 Å². The van der Waals surface area contributed by atoms with Gasteiger partial charge in [0, 0.05) is 5.56 Å². The highest BCUT2D eigenvalue weighted by Gasteiger charge is 2.17. The van der Waals surface area contributed by atoms with Gasteiger partial charge in [-0.1, -0.05) is 11.6 Å². The molecule has 3 aromatic rings. The van der Waals surface area contributed by atoms with Gasteiger partial charge in [0.15, 0.2) is 0 Å². The Morgan fingerprint density at radius 2 is 1.72 bits per heavy atom. The maximum atomic E-state index is 12.8. The molecule has 1 amide bonds. The average Bonchev–Trinajstić information content (AvgIpc) is 2.73. The van der Waals surface area contributed by atoms with E-state index < -0.39 is 15.9 Å². The molecule has 0 spiro atoms. The molecule has 32 heavy (non-hydrogen) atoms. The number of anilines is 1. The number of nitrogens with one attached hydrogen (secondary N) is 1. The molecule has 3 rings (SSSR count). The Balaban J connectivity index is 1.85. The molecule has 0 unspecified atom stereocenters. The Kier molecular flexibility index (Phi) is 6.55. The summed E-state index contributed by atoms with van der Waals surface area (Å²) < 4.78 is 28.9. The number of carbonyl (C=O) groups excluding carboxylic acids is 1. The van der Waals surface area contributed by atoms with Gasteiger partial charge >= 0.3 is 0 Å². The summed E-state index contributed by atoms with van der Waals surface area (Å²) in [7, 11) is -3.90. The van der Waals surface area contributed by atoms with Crippen LogP contribution in [-0.2, 0) is 10.0 Å². The lowest BCUT2D eigenvalue weighted by atomic mass is 10.0. The van der Waals surface area contributed by atoms with Gasteiger partial charge in [-0.2, -0.15) is 5.26 Å². The van der Waals surface area contributed by atoms with E-state index in [0.717, 1.165) is 11.1 Å². The second-order valence-electron chi connectivity index (χ2n) is 7.20. The van der Waals surface area contributed by atoms with Crippen LogP contribution in [0.25, 0.3) is 0 Å². The van der Waals surface area contributed by atoms with Crippen LogP contribution in [0.2, 0.25) is 5.02 Å². The highest BCUT2D eigenvalue weighted by Crippen LogP contribution is 2.32. The fourth-order valence-corrected chi connectivity index (χ4v) is 3.90. The van der Waals surface area contributed by atoms with Crippen LogP contribution in [0, 0.1) is 32.1 Å². The first-order valence-electron chi connectivity index (χ1n) is 9.43. The van der Waals surface area contributed by atoms with Crippen LogP contribution < -0.4 is 15.2 Å². The van der Waals surface area contributed by atoms with E-state index in [1.165, 1.54) is 18.2 Å². The molecule has 0 bridgehead atoms. The zero-order chi connectivity index (χ0) is 23.6. The molecule has 0 aliphatic carbocycles. The predicted molar refractivity (Wildman–Crippen MR) is 123 cm³/mol. The molecule has 0 radical (unpaired) electrons. The normalized spacial score (nSPS) is 11.0. The molecule has 0 heterocycles. The molecule has 3 N–H and O–H groups in total. The number of ether oxygens (including phenoxy) is 1. The zero-order valence-electron chi connectivity index (χ0n) is 17.6. The van der Waals surface area contributed by atoms with Crippen LogP contribution in [-0.4, -0.2) is 14.3 Å². The van der Waals surface area contributed by atoms with Gasteiger partial charge in [-0.15, -0.1) is 0 Å². The van der Waals surface area contributed by atoms with Gasteiger partial charge in [-0.3, -0.25) is 4.79 Å². The van der Waals surface area contributed by atoms with E-state index in [1.807, 2.05) is 13.8 Å². The van der Waals surface area contributed by atoms with Crippen molar-refractivity contribution in [2.24, 2.45) is 5.14 Å². The molecule has 3 aromatic carbocycles. The lowest BCUT2D eigenvalue weighted by molar-refractivity contribution is 0.102. The largest absolute Gasteiger partial charge is 0.457 e. The SMILES string of the molecule is Cc1cc(C#N)ccc1Oc1ccc(C(=O)Nc2ccc(S(N)(=O)=O)cc2Cl)c(C)c1C. The van der Waals surface area contributed by atoms with Gasteiger partial charge < -0.3 is 10.1 Å². The molecule has 9 heteroatoms. The minimum absolute atomic E-state index is 0.0514. The van der Waals surface area contributed by atoms with Crippen molar-refractivity contribution in [3.8, 4) is 17.6 Å². The molecule has 0 saturated carbocycles. The Labute approximate surface area is 191 Å². The highest BCUT2D eigenvalue weighted by molar-refractivity contribution is 7.89. The predicted octanol–water partition coefficient (Wildman–Crippen LogP) is 4.83. The van der Waals surface area contributed by atoms with Gasteiger partial charge in [0.2, 0.25) is 10.0 Å². The lowest BCUT2D eigenvalue weighted by Crippen LogP contribution is -2.15. The third-order valence-corrected chi connectivity index (χ3v) is 6.25. The van der Waals surface area contributed by atoms with E-state index in [9.17, 15) is 13.2 Å². The van der Waals surface area contributed by atoms with Crippen molar-refractivity contribution in [2.75, 3.05) is 5.32 Å². The Morgan fingerprint density at radius 3 is 2.31 bits per heavy atom. The van der Waals surface area contributed by atoms with Crippen LogP contribution in [0.1, 0.15) is 32.6 Å². The topological polar surface area (TPSA) is 122 Å². The number of aryl methyl sites for hydroxylation is 1. The van der Waals surface area contributed by atoms with Crippen molar-refractivity contribution in [3.05, 3.63) is 81.4 Å². The second-order valence-corrected chi connectivity index (χ2v) is 9.16. The standard InChI is InChI=1S/C23H20ClN3O4S/c1-13-10-16(12-25)4-8-21(13)31-22-9-6-18(14(2)15(22)3)23(28)27-20-7-5-17(11-19(20)24)32(26,29)30/h4-11H,1-3H3,(H,27,28)(H2,26,29,30). The molecule has 164 valence electrons. The third kappa shape index (κ3) is 4.92. The molecular weight excluding hydrogens is 450 g/mol. The number of primary sulfonamides is 1. The number of nitriles is 1. The maximum Gasteiger partial charge on any atom is 0.255 e. The molecule has 0 aromatic heterocycles. The number of benzene rings is 3. The molecular formula is C23H20ClN3O4S. The highest BCUT2D eigenvalue weighted by atomic mass is 35.5. The van der Waals surface area contributed by atoms with Crippen molar-refractivity contribution in [2.45, 2.75) is 25.7 Å². The number of carbonyl (C=O) groups is 1. The van der Waals surface area contributed by atoms with E-state index in [-0.39, 0.29) is 15.6 Å². The Bertz CT molecular complexity index is 1380. The first-order chi connectivity index (χ1) is 15.0. The average molecular weight is 470 g/mol. The summed E-state index contributed by atoms with van der Waals surface area (Å²) in [5, 5.41) is 16.8. The van der Waals surface area contributed by atoms with Crippen molar-refractivity contribution < 1.29 is 17.9 Å². The smallest absolute Gasteiger partial charge is 0.255 e. The van der Waals surface area contributed by atoms with Crippen LogP contribution in [0.4, 0.5) is 5.69 Å². The number of nitrogens with zero attached hydrogens (tertiary/aromatic N) is 1. The summed E-state index contributed by atoms with van der Waals surface area (Å²) >= 11 is 6.12. The number of nitrogens with two attached hydrogens (primary N) is 1. The number of sulfonamides is 1. The minimum atomic E-state index is -3.90. The van der Waals surface area contributed by atoms with Crippen molar-refractivity contribution >= 4 is 33.2 Å². The first-order valence-corrected chi connectivity index (χ1v) is 11.4. The van der Waals surface area contributed by atoms with E-state index in [0.29, 0.717) is 28.2 Å². The van der Waals surface area contributed by atoms with Crippen molar-refractivity contribution in [1.82, 2.24) is 0 Å². The number of halogens is 1. The van der Waals surface area contributed by atoms with Crippen LogP contribution in [0.3, 0.4) is 0 Å². The van der Waals surface area contributed by atoms with E-state index in [4.69, 9.17) is 26.7 Å². The quantitative estimate of drug-likeness (QED) is 0.554. The first kappa shape index (κ1) is 23.3. The molecule has 0 atom stereocenters. The van der Waals surface area contributed by atoms with E-state index in [1.54, 1.807) is 37.3 Å². The number of amides is 1. The third-order valence-electron chi connectivity index (χ3n) is 5.02. The molecule has 0 fully saturated rings. The van der Waals surface area contributed by atoms with Crippen LogP contribution in [0.5, 0.6) is 11.5 Å². The van der Waals surface area contributed by atoms with Crippen molar-refractivity contribution in [1.29, 1.82) is 5.26 Å². The fraction of sp³-hybridized carbons (Fsp3) is 0.130. The summed E-state index contributed by atoms with van der Waals surface area (Å²) in [6.45, 7) is 5.49. The number of hydrogen-bond acceptors (Lipinski definition) is 5. The monoisotopic (exact) mass is 469 g/mol. The lowest BCUT2D eigenvalue weighted by Gasteiger charge is -2.16. The summed E-state index contributed by atoms with van der Waals surface area (Å²) in [5.41, 5.74) is 3.53. The number of hydrogen-bond donors (Lipinski definition) is 2. The van der Waals surface area contributed by atoms with Gasteiger partial charge in [0.25, 0.3) is 5.91 Å². The molecule has 0 aliphatic heterocycles. The van der Waals surface area contributed by atoms with E-state index in [2.05, 4.69) is 11.4 Å². The second kappa shape index (κ2) is 9.01. The van der Waals surface area contributed by atoms with Gasteiger partial charge in [-0.05, 0) is 86.0 Å².